The van der Waals surface area contributed by atoms with Gasteiger partial charge in [-0.3, -0.25) is 4.79 Å². The second-order valence-electron chi connectivity index (χ2n) is 2.44. The molecule has 0 bridgehead atoms. The molecule has 4 heteroatoms. The van der Waals surface area contributed by atoms with Crippen LogP contribution in [0.2, 0.25) is 0 Å². The van der Waals surface area contributed by atoms with Gasteiger partial charge in [-0.1, -0.05) is 0 Å². The van der Waals surface area contributed by atoms with Crippen molar-refractivity contribution in [1.82, 2.24) is 4.90 Å². The third-order valence-corrected chi connectivity index (χ3v) is 1.65. The van der Waals surface area contributed by atoms with Crippen LogP contribution in [-0.2, 0) is 4.79 Å². The Balaban J connectivity index is 2.37. The molecule has 1 fully saturated rings. The molecule has 4 nitrogen and oxygen atoms in total. The van der Waals surface area contributed by atoms with Crippen LogP contribution >= 0.6 is 0 Å². The van der Waals surface area contributed by atoms with Crippen molar-refractivity contribution in [2.24, 2.45) is 0 Å². The van der Waals surface area contributed by atoms with Crippen molar-refractivity contribution in [1.29, 1.82) is 0 Å². The number of rotatable bonds is 1. The van der Waals surface area contributed by atoms with Crippen LogP contribution in [0.3, 0.4) is 0 Å². The fraction of sp³-hybridized carbons (Fsp3) is 0.833. The Morgan fingerprint density at radius 2 is 2.40 bits per heavy atom. The molecule has 1 rings (SSSR count). The zero-order valence-corrected chi connectivity index (χ0v) is 5.66. The molecule has 0 radical (unpaired) electrons. The lowest BCUT2D eigenvalue weighted by molar-refractivity contribution is -0.133. The summed E-state index contributed by atoms with van der Waals surface area (Å²) in [6.07, 6.45) is 0.238. The summed E-state index contributed by atoms with van der Waals surface area (Å²) in [5.74, 6) is -0.295. The first-order chi connectivity index (χ1) is 4.74. The van der Waals surface area contributed by atoms with E-state index in [1.165, 1.54) is 4.90 Å². The van der Waals surface area contributed by atoms with Gasteiger partial charge in [0.05, 0.1) is 6.10 Å². The van der Waals surface area contributed by atoms with Crippen LogP contribution in [0.15, 0.2) is 0 Å². The molecule has 1 aliphatic heterocycles. The Labute approximate surface area is 59.1 Å². The van der Waals surface area contributed by atoms with E-state index in [4.69, 9.17) is 10.2 Å². The van der Waals surface area contributed by atoms with Crippen molar-refractivity contribution in [3.63, 3.8) is 0 Å². The number of carbonyl (C=O) groups excluding carboxylic acids is 1. The van der Waals surface area contributed by atoms with Crippen molar-refractivity contribution >= 4 is 5.91 Å². The normalized spacial score (nSPS) is 25.4. The predicted octanol–water partition coefficient (Wildman–Crippen LogP) is -1.43. The van der Waals surface area contributed by atoms with Crippen molar-refractivity contribution in [2.75, 3.05) is 19.7 Å². The molecule has 0 spiro atoms. The van der Waals surface area contributed by atoms with Gasteiger partial charge in [0.2, 0.25) is 5.91 Å². The van der Waals surface area contributed by atoms with Gasteiger partial charge in [-0.2, -0.15) is 0 Å². The summed E-state index contributed by atoms with van der Waals surface area (Å²) in [4.78, 5) is 12.2. The Hall–Kier alpha value is -0.610. The summed E-state index contributed by atoms with van der Waals surface area (Å²) in [7, 11) is 0. The van der Waals surface area contributed by atoms with Crippen LogP contribution < -0.4 is 0 Å². The minimum Gasteiger partial charge on any atom is -0.391 e. The molecular weight excluding hydrogens is 134 g/mol. The number of β-amino-alcohol motifs (C(OH)–C–C–N with tert-alkyl or cyclic N) is 1. The van der Waals surface area contributed by atoms with Gasteiger partial charge in [-0.25, -0.2) is 0 Å². The van der Waals surface area contributed by atoms with Crippen LogP contribution in [-0.4, -0.2) is 46.8 Å². The summed E-state index contributed by atoms with van der Waals surface area (Å²) in [5, 5.41) is 17.4. The van der Waals surface area contributed by atoms with Gasteiger partial charge in [-0.15, -0.1) is 0 Å². The molecule has 0 saturated carbocycles. The third kappa shape index (κ3) is 1.46. The minimum absolute atomic E-state index is 0.295. The SMILES string of the molecule is O=C(CO)N1CCC(O)C1. The third-order valence-electron chi connectivity index (χ3n) is 1.65. The standard InChI is InChI=1S/C6H11NO3/c8-4-6(10)7-2-1-5(9)3-7/h5,8-9H,1-4H2. The highest BCUT2D eigenvalue weighted by molar-refractivity contribution is 5.77. The van der Waals surface area contributed by atoms with Crippen LogP contribution in [0.25, 0.3) is 0 Å². The van der Waals surface area contributed by atoms with Crippen LogP contribution in [0.4, 0.5) is 0 Å². The topological polar surface area (TPSA) is 60.8 Å². The van der Waals surface area contributed by atoms with Gasteiger partial charge in [0.1, 0.15) is 6.61 Å². The van der Waals surface area contributed by atoms with E-state index in [0.717, 1.165) is 0 Å². The lowest BCUT2D eigenvalue weighted by atomic mass is 10.3. The molecule has 1 atom stereocenters. The predicted molar refractivity (Wildman–Crippen MR) is 34.3 cm³/mol. The summed E-state index contributed by atoms with van der Waals surface area (Å²) in [5.41, 5.74) is 0. The van der Waals surface area contributed by atoms with E-state index < -0.39 is 12.7 Å². The van der Waals surface area contributed by atoms with E-state index in [0.29, 0.717) is 19.5 Å². The molecule has 1 amide bonds. The van der Waals surface area contributed by atoms with E-state index in [1.807, 2.05) is 0 Å². The minimum atomic E-state index is -0.452. The number of likely N-dealkylation sites (tertiary alicyclic amines) is 1. The molecular formula is C6H11NO3. The van der Waals surface area contributed by atoms with E-state index in [9.17, 15) is 4.79 Å². The summed E-state index contributed by atoms with van der Waals surface area (Å²) >= 11 is 0. The number of carbonyl (C=O) groups is 1. The molecule has 2 N–H and O–H groups in total. The van der Waals surface area contributed by atoms with Crippen LogP contribution in [0, 0.1) is 0 Å². The zero-order valence-electron chi connectivity index (χ0n) is 5.66. The maximum atomic E-state index is 10.7. The molecule has 1 saturated heterocycles. The van der Waals surface area contributed by atoms with Crippen molar-refractivity contribution in [3.05, 3.63) is 0 Å². The van der Waals surface area contributed by atoms with E-state index in [1.54, 1.807) is 0 Å². The first-order valence-electron chi connectivity index (χ1n) is 3.30. The number of hydrogen-bond donors (Lipinski definition) is 2. The number of hydrogen-bond acceptors (Lipinski definition) is 3. The molecule has 58 valence electrons. The first kappa shape index (κ1) is 7.50. The number of nitrogens with zero attached hydrogens (tertiary/aromatic N) is 1. The summed E-state index contributed by atoms with van der Waals surface area (Å²) in [6.45, 7) is 0.493. The number of aliphatic hydroxyl groups is 2. The average Bonchev–Trinajstić information content (AvgIpc) is 2.34. The lowest BCUT2D eigenvalue weighted by Gasteiger charge is -2.12. The van der Waals surface area contributed by atoms with Crippen molar-refractivity contribution < 1.29 is 15.0 Å². The average molecular weight is 145 g/mol. The molecule has 10 heavy (non-hydrogen) atoms. The molecule has 0 aliphatic carbocycles. The van der Waals surface area contributed by atoms with Gasteiger partial charge < -0.3 is 15.1 Å². The summed E-state index contributed by atoms with van der Waals surface area (Å²) < 4.78 is 0. The smallest absolute Gasteiger partial charge is 0.248 e. The molecule has 0 aromatic heterocycles. The fourth-order valence-corrected chi connectivity index (χ4v) is 1.07. The highest BCUT2D eigenvalue weighted by atomic mass is 16.3. The zero-order chi connectivity index (χ0) is 7.56. The van der Waals surface area contributed by atoms with Gasteiger partial charge >= 0.3 is 0 Å². The second-order valence-corrected chi connectivity index (χ2v) is 2.44. The van der Waals surface area contributed by atoms with E-state index >= 15 is 0 Å². The fourth-order valence-electron chi connectivity index (χ4n) is 1.07. The Morgan fingerprint density at radius 3 is 2.80 bits per heavy atom. The maximum absolute atomic E-state index is 10.7. The largest absolute Gasteiger partial charge is 0.391 e. The summed E-state index contributed by atoms with van der Waals surface area (Å²) in [6, 6.07) is 0. The van der Waals surface area contributed by atoms with Crippen molar-refractivity contribution in [2.45, 2.75) is 12.5 Å². The van der Waals surface area contributed by atoms with Gasteiger partial charge in [-0.05, 0) is 6.42 Å². The lowest BCUT2D eigenvalue weighted by Crippen LogP contribution is -2.31. The van der Waals surface area contributed by atoms with Gasteiger partial charge in [0.15, 0.2) is 0 Å². The molecule has 1 unspecified atom stereocenters. The van der Waals surface area contributed by atoms with E-state index in [2.05, 4.69) is 0 Å². The Kier molecular flexibility index (Phi) is 2.24. The second kappa shape index (κ2) is 2.98. The molecule has 0 aromatic rings. The number of amides is 1. The first-order valence-corrected chi connectivity index (χ1v) is 3.30. The molecule has 0 aromatic carbocycles. The Morgan fingerprint density at radius 1 is 1.70 bits per heavy atom. The molecule has 1 aliphatic rings. The Bertz CT molecular complexity index is 137. The van der Waals surface area contributed by atoms with Crippen LogP contribution in [0.1, 0.15) is 6.42 Å². The van der Waals surface area contributed by atoms with Crippen molar-refractivity contribution in [3.8, 4) is 0 Å². The van der Waals surface area contributed by atoms with Gasteiger partial charge in [0, 0.05) is 13.1 Å². The molecule has 1 heterocycles. The van der Waals surface area contributed by atoms with E-state index in [-0.39, 0.29) is 5.91 Å². The van der Waals surface area contributed by atoms with Gasteiger partial charge in [0.25, 0.3) is 0 Å². The maximum Gasteiger partial charge on any atom is 0.248 e. The van der Waals surface area contributed by atoms with Crippen LogP contribution in [0.5, 0.6) is 0 Å². The highest BCUT2D eigenvalue weighted by Crippen LogP contribution is 2.07. The number of aliphatic hydroxyl groups excluding tert-OH is 2. The quantitative estimate of drug-likeness (QED) is 0.475. The monoisotopic (exact) mass is 145 g/mol. The highest BCUT2D eigenvalue weighted by Gasteiger charge is 2.23.